The fourth-order valence-corrected chi connectivity index (χ4v) is 2.23. The molecule has 1 aliphatic carbocycles. The number of ketones is 1. The molecule has 1 aliphatic rings. The zero-order valence-electron chi connectivity index (χ0n) is 10.2. The lowest BCUT2D eigenvalue weighted by Crippen LogP contribution is -2.10. The second kappa shape index (κ2) is 6.81. The summed E-state index contributed by atoms with van der Waals surface area (Å²) in [6.07, 6.45) is 11.4. The number of hydrogen-bond acceptors (Lipinski definition) is 1. The molecule has 0 aliphatic heterocycles. The molecule has 0 bridgehead atoms. The molecule has 15 heavy (non-hydrogen) atoms. The topological polar surface area (TPSA) is 17.1 Å². The van der Waals surface area contributed by atoms with Crippen LogP contribution in [0.5, 0.6) is 0 Å². The first kappa shape index (κ1) is 12.5. The Morgan fingerprint density at radius 3 is 2.60 bits per heavy atom. The maximum absolute atomic E-state index is 11.7. The molecular formula is C14H24O. The summed E-state index contributed by atoms with van der Waals surface area (Å²) >= 11 is 0. The molecule has 1 nitrogen and oxygen atoms in total. The largest absolute Gasteiger partial charge is 0.295 e. The van der Waals surface area contributed by atoms with Crippen LogP contribution < -0.4 is 0 Å². The summed E-state index contributed by atoms with van der Waals surface area (Å²) in [6, 6.07) is 0. The monoisotopic (exact) mass is 208 g/mol. The maximum Gasteiger partial charge on any atom is 0.158 e. The molecule has 0 aromatic carbocycles. The molecule has 0 heterocycles. The van der Waals surface area contributed by atoms with Crippen LogP contribution in [0.1, 0.15) is 65.2 Å². The Hall–Kier alpha value is -0.590. The number of rotatable bonds is 5. The molecule has 1 saturated carbocycles. The number of allylic oxidation sites excluding steroid dienone is 2. The van der Waals surface area contributed by atoms with Crippen molar-refractivity contribution >= 4 is 5.78 Å². The summed E-state index contributed by atoms with van der Waals surface area (Å²) < 4.78 is 0. The first-order valence-electron chi connectivity index (χ1n) is 6.51. The molecule has 1 fully saturated rings. The highest BCUT2D eigenvalue weighted by atomic mass is 16.1. The first-order chi connectivity index (χ1) is 7.27. The summed E-state index contributed by atoms with van der Waals surface area (Å²) in [4.78, 5) is 11.7. The molecule has 1 atom stereocenters. The molecule has 0 aromatic rings. The molecular weight excluding hydrogens is 184 g/mol. The molecule has 0 N–H and O–H groups in total. The molecule has 1 rings (SSSR count). The van der Waals surface area contributed by atoms with Gasteiger partial charge in [0.1, 0.15) is 0 Å². The summed E-state index contributed by atoms with van der Waals surface area (Å²) in [7, 11) is 0. The van der Waals surface area contributed by atoms with E-state index in [2.05, 4.69) is 19.9 Å². The van der Waals surface area contributed by atoms with Gasteiger partial charge in [0.25, 0.3) is 0 Å². The number of carbonyl (C=O) groups excluding carboxylic acids is 1. The fraction of sp³-hybridized carbons (Fsp3) is 0.786. The van der Waals surface area contributed by atoms with Crippen LogP contribution in [0, 0.1) is 5.92 Å². The van der Waals surface area contributed by atoms with Crippen LogP contribution in [0.3, 0.4) is 0 Å². The van der Waals surface area contributed by atoms with Gasteiger partial charge in [0.15, 0.2) is 5.78 Å². The Labute approximate surface area is 93.9 Å². The lowest BCUT2D eigenvalue weighted by Gasteiger charge is -2.16. The van der Waals surface area contributed by atoms with Crippen LogP contribution in [0.25, 0.3) is 0 Å². The third-order valence-corrected chi connectivity index (χ3v) is 3.35. The molecule has 1 heteroatoms. The summed E-state index contributed by atoms with van der Waals surface area (Å²) in [5, 5.41) is 0. The van der Waals surface area contributed by atoms with Gasteiger partial charge in [-0.05, 0) is 43.6 Å². The zero-order chi connectivity index (χ0) is 11.1. The van der Waals surface area contributed by atoms with E-state index in [1.54, 1.807) is 0 Å². The van der Waals surface area contributed by atoms with E-state index < -0.39 is 0 Å². The molecule has 0 aromatic heterocycles. The molecule has 0 radical (unpaired) electrons. The van der Waals surface area contributed by atoms with Crippen molar-refractivity contribution in [2.75, 3.05) is 0 Å². The van der Waals surface area contributed by atoms with Gasteiger partial charge in [-0.2, -0.15) is 0 Å². The van der Waals surface area contributed by atoms with Gasteiger partial charge in [-0.1, -0.05) is 32.8 Å². The van der Waals surface area contributed by atoms with E-state index in [0.717, 1.165) is 24.8 Å². The molecule has 0 spiro atoms. The van der Waals surface area contributed by atoms with Crippen molar-refractivity contribution < 1.29 is 4.79 Å². The molecule has 86 valence electrons. The van der Waals surface area contributed by atoms with Gasteiger partial charge in [0, 0.05) is 6.42 Å². The van der Waals surface area contributed by atoms with Gasteiger partial charge in [0.05, 0.1) is 0 Å². The van der Waals surface area contributed by atoms with Crippen LogP contribution >= 0.6 is 0 Å². The molecule has 0 amide bonds. The molecule has 0 saturated heterocycles. The number of hydrogen-bond donors (Lipinski definition) is 0. The van der Waals surface area contributed by atoms with Gasteiger partial charge in [0.2, 0.25) is 0 Å². The van der Waals surface area contributed by atoms with Gasteiger partial charge < -0.3 is 0 Å². The maximum atomic E-state index is 11.7. The van der Waals surface area contributed by atoms with Gasteiger partial charge in [-0.25, -0.2) is 0 Å². The van der Waals surface area contributed by atoms with E-state index in [4.69, 9.17) is 0 Å². The number of Topliss-reactive ketones (excluding diaryl/α,β-unsaturated/α-hetero) is 1. The van der Waals surface area contributed by atoms with Crippen molar-refractivity contribution in [3.05, 3.63) is 11.6 Å². The second-order valence-electron chi connectivity index (χ2n) is 4.63. The minimum absolute atomic E-state index is 0.413. The van der Waals surface area contributed by atoms with Crippen molar-refractivity contribution in [2.24, 2.45) is 5.92 Å². The highest BCUT2D eigenvalue weighted by Crippen LogP contribution is 2.24. The van der Waals surface area contributed by atoms with E-state index in [-0.39, 0.29) is 0 Å². The van der Waals surface area contributed by atoms with E-state index in [0.29, 0.717) is 11.7 Å². The lowest BCUT2D eigenvalue weighted by molar-refractivity contribution is -0.116. The Bertz CT molecular complexity index is 227. The van der Waals surface area contributed by atoms with Crippen LogP contribution in [0.15, 0.2) is 11.6 Å². The highest BCUT2D eigenvalue weighted by molar-refractivity contribution is 5.95. The minimum atomic E-state index is 0.413. The smallest absolute Gasteiger partial charge is 0.158 e. The summed E-state index contributed by atoms with van der Waals surface area (Å²) in [5.74, 6) is 1.05. The number of carbonyl (C=O) groups is 1. The number of unbranched alkanes of at least 4 members (excludes halogenated alkanes) is 1. The normalized spacial score (nSPS) is 22.0. The fourth-order valence-electron chi connectivity index (χ4n) is 2.23. The van der Waals surface area contributed by atoms with Crippen molar-refractivity contribution in [1.29, 1.82) is 0 Å². The quantitative estimate of drug-likeness (QED) is 0.616. The van der Waals surface area contributed by atoms with Crippen molar-refractivity contribution in [2.45, 2.75) is 65.2 Å². The van der Waals surface area contributed by atoms with Crippen molar-refractivity contribution in [3.63, 3.8) is 0 Å². The SMILES string of the molecule is CCCC[C@@H](/C=C1\CCCCC1=O)CC. The summed E-state index contributed by atoms with van der Waals surface area (Å²) in [6.45, 7) is 4.45. The van der Waals surface area contributed by atoms with Crippen molar-refractivity contribution in [3.8, 4) is 0 Å². The van der Waals surface area contributed by atoms with E-state index in [9.17, 15) is 4.79 Å². The lowest BCUT2D eigenvalue weighted by atomic mass is 9.88. The predicted octanol–water partition coefficient (Wildman–Crippen LogP) is 4.27. The van der Waals surface area contributed by atoms with Gasteiger partial charge in [-0.15, -0.1) is 0 Å². The van der Waals surface area contributed by atoms with Crippen molar-refractivity contribution in [1.82, 2.24) is 0 Å². The Morgan fingerprint density at radius 1 is 1.27 bits per heavy atom. The zero-order valence-corrected chi connectivity index (χ0v) is 10.2. The Morgan fingerprint density at radius 2 is 2.00 bits per heavy atom. The third kappa shape index (κ3) is 4.19. The average molecular weight is 208 g/mol. The minimum Gasteiger partial charge on any atom is -0.295 e. The van der Waals surface area contributed by atoms with Crippen LogP contribution in [0.4, 0.5) is 0 Å². The predicted molar refractivity (Wildman–Crippen MR) is 64.9 cm³/mol. The van der Waals surface area contributed by atoms with Crippen LogP contribution in [-0.2, 0) is 4.79 Å². The third-order valence-electron chi connectivity index (χ3n) is 3.35. The van der Waals surface area contributed by atoms with Gasteiger partial charge in [-0.3, -0.25) is 4.79 Å². The Balaban J connectivity index is 2.52. The highest BCUT2D eigenvalue weighted by Gasteiger charge is 2.16. The Kier molecular flexibility index (Phi) is 5.67. The van der Waals surface area contributed by atoms with E-state index in [1.165, 1.54) is 32.1 Å². The first-order valence-corrected chi connectivity index (χ1v) is 6.51. The summed E-state index contributed by atoms with van der Waals surface area (Å²) in [5.41, 5.74) is 1.13. The second-order valence-corrected chi connectivity index (χ2v) is 4.63. The average Bonchev–Trinajstić information content (AvgIpc) is 2.26. The van der Waals surface area contributed by atoms with E-state index in [1.807, 2.05) is 0 Å². The van der Waals surface area contributed by atoms with Crippen LogP contribution in [-0.4, -0.2) is 5.78 Å². The molecule has 0 unspecified atom stereocenters. The van der Waals surface area contributed by atoms with E-state index >= 15 is 0 Å². The standard InChI is InChI=1S/C14H24O/c1-3-5-8-12(4-2)11-13-9-6-7-10-14(13)15/h11-12H,3-10H2,1-2H3/b13-11+/t12-/m0/s1. The van der Waals surface area contributed by atoms with Crippen LogP contribution in [0.2, 0.25) is 0 Å². The van der Waals surface area contributed by atoms with Gasteiger partial charge >= 0.3 is 0 Å².